The summed E-state index contributed by atoms with van der Waals surface area (Å²) in [5.74, 6) is 0.417. The SMILES string of the molecule is NCC1CCCCC1NC(=O)c1cc(I)c[nH]1. The molecule has 2 unspecified atom stereocenters. The van der Waals surface area contributed by atoms with E-state index in [-0.39, 0.29) is 11.9 Å². The number of halogens is 1. The maximum absolute atomic E-state index is 12.0. The zero-order chi connectivity index (χ0) is 12.3. The van der Waals surface area contributed by atoms with E-state index in [0.29, 0.717) is 18.2 Å². The van der Waals surface area contributed by atoms with Crippen molar-refractivity contribution in [2.75, 3.05) is 6.54 Å². The minimum Gasteiger partial charge on any atom is -0.356 e. The number of amides is 1. The third kappa shape index (κ3) is 3.22. The quantitative estimate of drug-likeness (QED) is 0.731. The molecule has 1 fully saturated rings. The van der Waals surface area contributed by atoms with Gasteiger partial charge in [0, 0.05) is 15.8 Å². The van der Waals surface area contributed by atoms with Crippen LogP contribution in [0.5, 0.6) is 0 Å². The first kappa shape index (κ1) is 12.9. The van der Waals surface area contributed by atoms with E-state index in [0.717, 1.165) is 16.4 Å². The molecule has 0 radical (unpaired) electrons. The molecule has 0 saturated heterocycles. The molecule has 4 N–H and O–H groups in total. The molecule has 1 aromatic rings. The molecule has 1 aromatic heterocycles. The summed E-state index contributed by atoms with van der Waals surface area (Å²) in [6.45, 7) is 0.660. The number of rotatable bonds is 3. The van der Waals surface area contributed by atoms with E-state index < -0.39 is 0 Å². The van der Waals surface area contributed by atoms with Gasteiger partial charge in [0.15, 0.2) is 0 Å². The fourth-order valence-corrected chi connectivity index (χ4v) is 2.89. The van der Waals surface area contributed by atoms with Crippen LogP contribution in [0.3, 0.4) is 0 Å². The van der Waals surface area contributed by atoms with Crippen LogP contribution in [-0.2, 0) is 0 Å². The molecule has 4 nitrogen and oxygen atoms in total. The van der Waals surface area contributed by atoms with Gasteiger partial charge in [0.25, 0.3) is 5.91 Å². The second-order valence-corrected chi connectivity index (χ2v) is 5.84. The number of aromatic amines is 1. The van der Waals surface area contributed by atoms with Gasteiger partial charge in [-0.1, -0.05) is 12.8 Å². The zero-order valence-corrected chi connectivity index (χ0v) is 11.9. The Balaban J connectivity index is 1.97. The molecule has 5 heteroatoms. The van der Waals surface area contributed by atoms with Crippen LogP contribution in [0, 0.1) is 9.49 Å². The third-order valence-electron chi connectivity index (χ3n) is 3.42. The molecule has 1 saturated carbocycles. The van der Waals surface area contributed by atoms with Gasteiger partial charge in [0.2, 0.25) is 0 Å². The van der Waals surface area contributed by atoms with Crippen LogP contribution in [0.1, 0.15) is 36.2 Å². The standard InChI is InChI=1S/C12H18IN3O/c13-9-5-11(15-7-9)12(17)16-10-4-2-1-3-8(10)6-14/h5,7-8,10,15H,1-4,6,14H2,(H,16,17). The largest absolute Gasteiger partial charge is 0.356 e. The fourth-order valence-electron chi connectivity index (χ4n) is 2.42. The lowest BCUT2D eigenvalue weighted by Gasteiger charge is -2.31. The van der Waals surface area contributed by atoms with Crippen molar-refractivity contribution in [3.63, 3.8) is 0 Å². The number of hydrogen-bond donors (Lipinski definition) is 3. The van der Waals surface area contributed by atoms with Crippen molar-refractivity contribution in [3.8, 4) is 0 Å². The Morgan fingerprint density at radius 1 is 1.53 bits per heavy atom. The number of aromatic nitrogens is 1. The lowest BCUT2D eigenvalue weighted by molar-refractivity contribution is 0.0903. The van der Waals surface area contributed by atoms with E-state index in [4.69, 9.17) is 5.73 Å². The van der Waals surface area contributed by atoms with Crippen LogP contribution >= 0.6 is 22.6 Å². The van der Waals surface area contributed by atoms with Gasteiger partial charge in [-0.15, -0.1) is 0 Å². The van der Waals surface area contributed by atoms with Gasteiger partial charge in [-0.25, -0.2) is 0 Å². The summed E-state index contributed by atoms with van der Waals surface area (Å²) in [5.41, 5.74) is 6.39. The Morgan fingerprint density at radius 2 is 2.29 bits per heavy atom. The molecule has 0 spiro atoms. The summed E-state index contributed by atoms with van der Waals surface area (Å²) >= 11 is 2.19. The minimum atomic E-state index is -0.0155. The molecule has 1 amide bonds. The average molecular weight is 347 g/mol. The van der Waals surface area contributed by atoms with Crippen LogP contribution in [0.2, 0.25) is 0 Å². The van der Waals surface area contributed by atoms with Crippen molar-refractivity contribution >= 4 is 28.5 Å². The number of carbonyl (C=O) groups excluding carboxylic acids is 1. The van der Waals surface area contributed by atoms with Crippen molar-refractivity contribution in [3.05, 3.63) is 21.5 Å². The molecule has 94 valence electrons. The topological polar surface area (TPSA) is 70.9 Å². The minimum absolute atomic E-state index is 0.0155. The molecule has 2 rings (SSSR count). The van der Waals surface area contributed by atoms with Crippen LogP contribution in [0.15, 0.2) is 12.3 Å². The van der Waals surface area contributed by atoms with Crippen LogP contribution < -0.4 is 11.1 Å². The van der Waals surface area contributed by atoms with Crippen molar-refractivity contribution in [1.82, 2.24) is 10.3 Å². The normalized spacial score (nSPS) is 24.6. The first-order valence-corrected chi connectivity index (χ1v) is 7.13. The van der Waals surface area contributed by atoms with Crippen molar-refractivity contribution in [1.29, 1.82) is 0 Å². The van der Waals surface area contributed by atoms with Gasteiger partial charge in [0.05, 0.1) is 0 Å². The summed E-state index contributed by atoms with van der Waals surface area (Å²) in [7, 11) is 0. The van der Waals surface area contributed by atoms with Gasteiger partial charge in [-0.3, -0.25) is 4.79 Å². The molecular formula is C12H18IN3O. The Morgan fingerprint density at radius 3 is 2.94 bits per heavy atom. The highest BCUT2D eigenvalue weighted by Gasteiger charge is 2.25. The second kappa shape index (κ2) is 5.86. The number of nitrogens with one attached hydrogen (secondary N) is 2. The summed E-state index contributed by atoms with van der Waals surface area (Å²) in [6.07, 6.45) is 6.42. The van der Waals surface area contributed by atoms with Crippen molar-refractivity contribution in [2.45, 2.75) is 31.7 Å². The number of nitrogens with two attached hydrogens (primary N) is 1. The zero-order valence-electron chi connectivity index (χ0n) is 9.71. The lowest BCUT2D eigenvalue weighted by Crippen LogP contribution is -2.44. The molecule has 0 bridgehead atoms. The third-order valence-corrected chi connectivity index (χ3v) is 4.04. The Hall–Kier alpha value is -0.560. The van der Waals surface area contributed by atoms with Gasteiger partial charge in [0.1, 0.15) is 5.69 Å². The van der Waals surface area contributed by atoms with E-state index >= 15 is 0 Å². The highest BCUT2D eigenvalue weighted by atomic mass is 127. The summed E-state index contributed by atoms with van der Waals surface area (Å²) in [5, 5.41) is 3.10. The maximum atomic E-state index is 12.0. The van der Waals surface area contributed by atoms with Gasteiger partial charge < -0.3 is 16.0 Å². The second-order valence-electron chi connectivity index (χ2n) is 4.59. The lowest BCUT2D eigenvalue weighted by atomic mass is 9.84. The van der Waals surface area contributed by atoms with Crippen LogP contribution in [-0.4, -0.2) is 23.5 Å². The maximum Gasteiger partial charge on any atom is 0.267 e. The number of H-pyrrole nitrogens is 1. The highest BCUT2D eigenvalue weighted by molar-refractivity contribution is 14.1. The summed E-state index contributed by atoms with van der Waals surface area (Å²) in [6, 6.07) is 2.10. The molecule has 2 atom stereocenters. The van der Waals surface area contributed by atoms with Crippen LogP contribution in [0.25, 0.3) is 0 Å². The molecule has 1 heterocycles. The van der Waals surface area contributed by atoms with Crippen LogP contribution in [0.4, 0.5) is 0 Å². The van der Waals surface area contributed by atoms with Gasteiger partial charge >= 0.3 is 0 Å². The van der Waals surface area contributed by atoms with E-state index in [1.807, 2.05) is 12.3 Å². The van der Waals surface area contributed by atoms with E-state index in [2.05, 4.69) is 32.9 Å². The highest BCUT2D eigenvalue weighted by Crippen LogP contribution is 2.23. The number of hydrogen-bond acceptors (Lipinski definition) is 2. The monoisotopic (exact) mass is 347 g/mol. The summed E-state index contributed by atoms with van der Waals surface area (Å²) in [4.78, 5) is 15.0. The summed E-state index contributed by atoms with van der Waals surface area (Å²) < 4.78 is 1.05. The first-order valence-electron chi connectivity index (χ1n) is 6.05. The molecule has 17 heavy (non-hydrogen) atoms. The van der Waals surface area contributed by atoms with Crippen molar-refractivity contribution in [2.24, 2.45) is 11.7 Å². The predicted octanol–water partition coefficient (Wildman–Crippen LogP) is 1.87. The predicted molar refractivity (Wildman–Crippen MR) is 75.8 cm³/mol. The van der Waals surface area contributed by atoms with E-state index in [9.17, 15) is 4.79 Å². The number of carbonyl (C=O) groups is 1. The molecule has 1 aliphatic carbocycles. The van der Waals surface area contributed by atoms with Gasteiger partial charge in [-0.2, -0.15) is 0 Å². The van der Waals surface area contributed by atoms with E-state index in [1.54, 1.807) is 0 Å². The molecule has 0 aliphatic heterocycles. The molecular weight excluding hydrogens is 329 g/mol. The van der Waals surface area contributed by atoms with E-state index in [1.165, 1.54) is 12.8 Å². The smallest absolute Gasteiger partial charge is 0.267 e. The molecule has 0 aromatic carbocycles. The van der Waals surface area contributed by atoms with Gasteiger partial charge in [-0.05, 0) is 54.0 Å². The fraction of sp³-hybridized carbons (Fsp3) is 0.583. The molecule has 1 aliphatic rings. The first-order chi connectivity index (χ1) is 8.20. The average Bonchev–Trinajstić information content (AvgIpc) is 2.77. The Kier molecular flexibility index (Phi) is 4.44. The Labute approximate surface area is 115 Å². The van der Waals surface area contributed by atoms with Crippen molar-refractivity contribution < 1.29 is 4.79 Å². The Bertz CT molecular complexity index is 391.